The molecule has 13 heavy (non-hydrogen) atoms. The van der Waals surface area contributed by atoms with Crippen molar-refractivity contribution in [3.63, 3.8) is 0 Å². The number of nitrogens with two attached hydrogens (primary N) is 1. The van der Waals surface area contributed by atoms with Gasteiger partial charge in [0.15, 0.2) is 0 Å². The number of hydrogen-bond donors (Lipinski definition) is 1. The Balaban J connectivity index is 2.37. The standard InChI is InChI=1S/C9H10BrNO2/c10-8-3-1-7(2-4-8)5-13-6-9(11)12/h1-4H,5-6H2,(H2,11,12). The zero-order chi connectivity index (χ0) is 9.68. The smallest absolute Gasteiger partial charge is 0.243 e. The monoisotopic (exact) mass is 243 g/mol. The van der Waals surface area contributed by atoms with Crippen LogP contribution in [0.2, 0.25) is 0 Å². The molecule has 1 aromatic rings. The highest BCUT2D eigenvalue weighted by Crippen LogP contribution is 2.10. The summed E-state index contributed by atoms with van der Waals surface area (Å²) in [5, 5.41) is 0. The first-order chi connectivity index (χ1) is 6.18. The molecule has 0 spiro atoms. The van der Waals surface area contributed by atoms with E-state index in [4.69, 9.17) is 10.5 Å². The third-order valence-electron chi connectivity index (χ3n) is 1.43. The molecule has 0 heterocycles. The predicted molar refractivity (Wildman–Crippen MR) is 53.0 cm³/mol. The highest BCUT2D eigenvalue weighted by atomic mass is 79.9. The lowest BCUT2D eigenvalue weighted by atomic mass is 10.2. The van der Waals surface area contributed by atoms with Crippen LogP contribution < -0.4 is 5.73 Å². The highest BCUT2D eigenvalue weighted by Gasteiger charge is 1.95. The van der Waals surface area contributed by atoms with E-state index >= 15 is 0 Å². The maximum Gasteiger partial charge on any atom is 0.243 e. The number of rotatable bonds is 4. The second-order valence-corrected chi connectivity index (χ2v) is 3.50. The van der Waals surface area contributed by atoms with Gasteiger partial charge in [-0.05, 0) is 17.7 Å². The molecule has 0 aliphatic heterocycles. The molecule has 0 aromatic heterocycles. The summed E-state index contributed by atoms with van der Waals surface area (Å²) >= 11 is 3.32. The van der Waals surface area contributed by atoms with Gasteiger partial charge in [0.1, 0.15) is 6.61 Å². The average Bonchev–Trinajstić information content (AvgIpc) is 2.08. The highest BCUT2D eigenvalue weighted by molar-refractivity contribution is 9.10. The van der Waals surface area contributed by atoms with Crippen molar-refractivity contribution in [2.75, 3.05) is 6.61 Å². The van der Waals surface area contributed by atoms with Gasteiger partial charge in [-0.1, -0.05) is 28.1 Å². The van der Waals surface area contributed by atoms with Gasteiger partial charge in [0.05, 0.1) is 6.61 Å². The van der Waals surface area contributed by atoms with Crippen LogP contribution in [0.5, 0.6) is 0 Å². The van der Waals surface area contributed by atoms with Crippen LogP contribution in [0, 0.1) is 0 Å². The van der Waals surface area contributed by atoms with E-state index in [1.54, 1.807) is 0 Å². The molecule has 4 heteroatoms. The first-order valence-corrected chi connectivity index (χ1v) is 4.58. The molecule has 2 N–H and O–H groups in total. The molecule has 0 saturated heterocycles. The van der Waals surface area contributed by atoms with Crippen LogP contribution in [-0.2, 0) is 16.1 Å². The van der Waals surface area contributed by atoms with E-state index < -0.39 is 5.91 Å². The van der Waals surface area contributed by atoms with Crippen molar-refractivity contribution in [3.8, 4) is 0 Å². The first-order valence-electron chi connectivity index (χ1n) is 3.79. The van der Waals surface area contributed by atoms with E-state index in [9.17, 15) is 4.79 Å². The van der Waals surface area contributed by atoms with Gasteiger partial charge in [-0.15, -0.1) is 0 Å². The van der Waals surface area contributed by atoms with Gasteiger partial charge in [0, 0.05) is 4.47 Å². The van der Waals surface area contributed by atoms with E-state index in [0.29, 0.717) is 6.61 Å². The second kappa shape index (κ2) is 4.99. The Hall–Kier alpha value is -0.870. The lowest BCUT2D eigenvalue weighted by molar-refractivity contribution is -0.122. The third-order valence-corrected chi connectivity index (χ3v) is 1.95. The summed E-state index contributed by atoms with van der Waals surface area (Å²) < 4.78 is 6.05. The number of ether oxygens (including phenoxy) is 1. The van der Waals surface area contributed by atoms with Gasteiger partial charge >= 0.3 is 0 Å². The van der Waals surface area contributed by atoms with Gasteiger partial charge in [-0.3, -0.25) is 4.79 Å². The summed E-state index contributed by atoms with van der Waals surface area (Å²) in [7, 11) is 0. The Kier molecular flexibility index (Phi) is 3.92. The molecule has 0 radical (unpaired) electrons. The maximum atomic E-state index is 10.3. The largest absolute Gasteiger partial charge is 0.368 e. The Morgan fingerprint density at radius 2 is 2.00 bits per heavy atom. The van der Waals surface area contributed by atoms with Gasteiger partial charge in [-0.2, -0.15) is 0 Å². The van der Waals surface area contributed by atoms with Crippen LogP contribution in [0.3, 0.4) is 0 Å². The zero-order valence-corrected chi connectivity index (χ0v) is 8.58. The first kappa shape index (κ1) is 10.2. The SMILES string of the molecule is NC(=O)COCc1ccc(Br)cc1. The van der Waals surface area contributed by atoms with Gasteiger partial charge in [0.2, 0.25) is 5.91 Å². The fourth-order valence-electron chi connectivity index (χ4n) is 0.850. The molecule has 3 nitrogen and oxygen atoms in total. The summed E-state index contributed by atoms with van der Waals surface area (Å²) in [4.78, 5) is 10.3. The Morgan fingerprint density at radius 3 is 2.54 bits per heavy atom. The molecule has 0 bridgehead atoms. The third kappa shape index (κ3) is 4.05. The minimum atomic E-state index is -0.447. The fourth-order valence-corrected chi connectivity index (χ4v) is 1.11. The Labute approximate surface area is 85.0 Å². The van der Waals surface area contributed by atoms with E-state index in [2.05, 4.69) is 15.9 Å². The number of hydrogen-bond acceptors (Lipinski definition) is 2. The maximum absolute atomic E-state index is 10.3. The molecule has 1 aromatic carbocycles. The summed E-state index contributed by atoms with van der Waals surface area (Å²) in [5.41, 5.74) is 5.93. The van der Waals surface area contributed by atoms with Crippen LogP contribution in [0.1, 0.15) is 5.56 Å². The van der Waals surface area contributed by atoms with Crippen molar-refractivity contribution >= 4 is 21.8 Å². The summed E-state index contributed by atoms with van der Waals surface area (Å²) in [6, 6.07) is 7.68. The molecule has 0 atom stereocenters. The predicted octanol–water partition coefficient (Wildman–Crippen LogP) is 1.45. The summed E-state index contributed by atoms with van der Waals surface area (Å²) in [6.45, 7) is 0.381. The minimum absolute atomic E-state index is 0.0317. The zero-order valence-electron chi connectivity index (χ0n) is 7.00. The van der Waals surface area contributed by atoms with Crippen LogP contribution in [-0.4, -0.2) is 12.5 Å². The molecule has 70 valence electrons. The molecule has 0 fully saturated rings. The van der Waals surface area contributed by atoms with E-state index in [1.165, 1.54) is 0 Å². The number of halogens is 1. The van der Waals surface area contributed by atoms with Crippen molar-refractivity contribution in [2.24, 2.45) is 5.73 Å². The van der Waals surface area contributed by atoms with Crippen LogP contribution >= 0.6 is 15.9 Å². The lowest BCUT2D eigenvalue weighted by Crippen LogP contribution is -2.17. The number of carbonyl (C=O) groups excluding carboxylic acids is 1. The van der Waals surface area contributed by atoms with Crippen molar-refractivity contribution in [1.29, 1.82) is 0 Å². The second-order valence-electron chi connectivity index (χ2n) is 2.59. The summed E-state index contributed by atoms with van der Waals surface area (Å²) in [5.74, 6) is -0.447. The molecule has 0 saturated carbocycles. The quantitative estimate of drug-likeness (QED) is 0.871. The summed E-state index contributed by atoms with van der Waals surface area (Å²) in [6.07, 6.45) is 0. The van der Waals surface area contributed by atoms with Crippen LogP contribution in [0.4, 0.5) is 0 Å². The lowest BCUT2D eigenvalue weighted by Gasteiger charge is -2.01. The van der Waals surface area contributed by atoms with Crippen LogP contribution in [0.15, 0.2) is 28.7 Å². The average molecular weight is 244 g/mol. The van der Waals surface area contributed by atoms with E-state index in [-0.39, 0.29) is 6.61 Å². The minimum Gasteiger partial charge on any atom is -0.368 e. The Morgan fingerprint density at radius 1 is 1.38 bits per heavy atom. The molecule has 0 aliphatic carbocycles. The van der Waals surface area contributed by atoms with Crippen molar-refractivity contribution in [1.82, 2.24) is 0 Å². The molecular formula is C9H10BrNO2. The van der Waals surface area contributed by atoms with Crippen molar-refractivity contribution in [2.45, 2.75) is 6.61 Å². The molecular weight excluding hydrogens is 234 g/mol. The van der Waals surface area contributed by atoms with Gasteiger partial charge in [-0.25, -0.2) is 0 Å². The normalized spacial score (nSPS) is 9.92. The topological polar surface area (TPSA) is 52.3 Å². The number of primary amides is 1. The number of benzene rings is 1. The molecule has 0 aliphatic rings. The van der Waals surface area contributed by atoms with E-state index in [1.807, 2.05) is 24.3 Å². The Bertz CT molecular complexity index is 284. The van der Waals surface area contributed by atoms with E-state index in [0.717, 1.165) is 10.0 Å². The van der Waals surface area contributed by atoms with Gasteiger partial charge in [0.25, 0.3) is 0 Å². The molecule has 1 amide bonds. The molecule has 0 unspecified atom stereocenters. The number of amides is 1. The van der Waals surface area contributed by atoms with Crippen LogP contribution in [0.25, 0.3) is 0 Å². The fraction of sp³-hybridized carbons (Fsp3) is 0.222. The number of carbonyl (C=O) groups is 1. The van der Waals surface area contributed by atoms with Crippen molar-refractivity contribution < 1.29 is 9.53 Å². The van der Waals surface area contributed by atoms with Gasteiger partial charge < -0.3 is 10.5 Å². The van der Waals surface area contributed by atoms with Crippen molar-refractivity contribution in [3.05, 3.63) is 34.3 Å². The molecule has 1 rings (SSSR count).